The third kappa shape index (κ3) is 4.04. The first kappa shape index (κ1) is 16.7. The van der Waals surface area contributed by atoms with Gasteiger partial charge in [0.1, 0.15) is 0 Å². The lowest BCUT2D eigenvalue weighted by Gasteiger charge is -2.22. The summed E-state index contributed by atoms with van der Waals surface area (Å²) < 4.78 is 0. The van der Waals surface area contributed by atoms with Crippen LogP contribution < -0.4 is 4.90 Å². The molecule has 1 amide bonds. The van der Waals surface area contributed by atoms with Crippen LogP contribution in [-0.2, 0) is 13.1 Å². The van der Waals surface area contributed by atoms with Crippen LogP contribution in [-0.4, -0.2) is 24.9 Å². The summed E-state index contributed by atoms with van der Waals surface area (Å²) in [6.45, 7) is 1.28. The van der Waals surface area contributed by atoms with Gasteiger partial charge in [0, 0.05) is 35.1 Å². The predicted molar refractivity (Wildman–Crippen MR) is 103 cm³/mol. The van der Waals surface area contributed by atoms with Gasteiger partial charge in [0.2, 0.25) is 0 Å². The maximum atomic E-state index is 13.1. The van der Waals surface area contributed by atoms with E-state index in [9.17, 15) is 4.79 Å². The molecular weight excluding hydrogens is 336 g/mol. The maximum absolute atomic E-state index is 13.1. The molecule has 1 aromatic carbocycles. The second kappa shape index (κ2) is 7.64. The number of thiophene rings is 2. The highest BCUT2D eigenvalue weighted by atomic mass is 32.1. The Morgan fingerprint density at radius 3 is 2.04 bits per heavy atom. The van der Waals surface area contributed by atoms with Crippen molar-refractivity contribution in [3.63, 3.8) is 0 Å². The standard InChI is InChI=1S/C19H20N2OS2/c1-20(2)16-7-3-6-15(12-16)19(22)21(13-17-8-4-10-23-17)14-18-9-5-11-24-18/h3-12H,13-14H2,1-2H3. The minimum absolute atomic E-state index is 0.0699. The lowest BCUT2D eigenvalue weighted by atomic mass is 10.1. The summed E-state index contributed by atoms with van der Waals surface area (Å²) in [5.41, 5.74) is 1.77. The lowest BCUT2D eigenvalue weighted by molar-refractivity contribution is 0.0733. The minimum atomic E-state index is 0.0699. The van der Waals surface area contributed by atoms with Crippen molar-refractivity contribution in [2.45, 2.75) is 13.1 Å². The largest absolute Gasteiger partial charge is 0.378 e. The maximum Gasteiger partial charge on any atom is 0.254 e. The molecule has 3 aromatic rings. The molecule has 24 heavy (non-hydrogen) atoms. The van der Waals surface area contributed by atoms with Gasteiger partial charge in [0.25, 0.3) is 5.91 Å². The molecule has 0 bridgehead atoms. The average molecular weight is 357 g/mol. The molecule has 124 valence electrons. The highest BCUT2D eigenvalue weighted by Crippen LogP contribution is 2.21. The monoisotopic (exact) mass is 356 g/mol. The van der Waals surface area contributed by atoms with Gasteiger partial charge in [-0.3, -0.25) is 4.79 Å². The first-order valence-corrected chi connectivity index (χ1v) is 9.51. The van der Waals surface area contributed by atoms with Crippen LogP contribution >= 0.6 is 22.7 Å². The SMILES string of the molecule is CN(C)c1cccc(C(=O)N(Cc2cccs2)Cc2cccs2)c1. The van der Waals surface area contributed by atoms with E-state index < -0.39 is 0 Å². The zero-order valence-electron chi connectivity index (χ0n) is 13.8. The van der Waals surface area contributed by atoms with Crippen molar-refractivity contribution in [2.24, 2.45) is 0 Å². The van der Waals surface area contributed by atoms with Crippen molar-refractivity contribution >= 4 is 34.3 Å². The van der Waals surface area contributed by atoms with Crippen molar-refractivity contribution in [2.75, 3.05) is 19.0 Å². The fourth-order valence-electron chi connectivity index (χ4n) is 2.48. The number of nitrogens with zero attached hydrogens (tertiary/aromatic N) is 2. The Hall–Kier alpha value is -2.11. The summed E-state index contributed by atoms with van der Waals surface area (Å²) in [7, 11) is 3.97. The third-order valence-electron chi connectivity index (χ3n) is 3.75. The second-order valence-electron chi connectivity index (χ2n) is 5.76. The third-order valence-corrected chi connectivity index (χ3v) is 5.47. The normalized spacial score (nSPS) is 10.6. The summed E-state index contributed by atoms with van der Waals surface area (Å²) in [6, 6.07) is 16.0. The van der Waals surface area contributed by atoms with Crippen LogP contribution in [0, 0.1) is 0 Å². The molecule has 2 heterocycles. The molecule has 2 aromatic heterocycles. The van der Waals surface area contributed by atoms with E-state index in [1.54, 1.807) is 22.7 Å². The number of rotatable bonds is 6. The van der Waals surface area contributed by atoms with Crippen LogP contribution in [0.15, 0.2) is 59.3 Å². The summed E-state index contributed by atoms with van der Waals surface area (Å²) in [5, 5.41) is 4.10. The molecule has 0 aliphatic carbocycles. The smallest absolute Gasteiger partial charge is 0.254 e. The zero-order chi connectivity index (χ0) is 16.9. The van der Waals surface area contributed by atoms with Crippen LogP contribution in [0.5, 0.6) is 0 Å². The fourth-order valence-corrected chi connectivity index (χ4v) is 3.92. The summed E-state index contributed by atoms with van der Waals surface area (Å²) >= 11 is 3.37. The van der Waals surface area contributed by atoms with E-state index in [0.29, 0.717) is 13.1 Å². The van der Waals surface area contributed by atoms with E-state index in [-0.39, 0.29) is 5.91 Å². The second-order valence-corrected chi connectivity index (χ2v) is 7.83. The minimum Gasteiger partial charge on any atom is -0.378 e. The molecule has 0 aliphatic rings. The summed E-state index contributed by atoms with van der Waals surface area (Å²) in [6.07, 6.45) is 0. The number of benzene rings is 1. The van der Waals surface area contributed by atoms with Gasteiger partial charge in [0.15, 0.2) is 0 Å². The molecule has 3 nitrogen and oxygen atoms in total. The Kier molecular flexibility index (Phi) is 5.33. The number of carbonyl (C=O) groups is 1. The van der Waals surface area contributed by atoms with Crippen LogP contribution in [0.2, 0.25) is 0 Å². The summed E-state index contributed by atoms with van der Waals surface area (Å²) in [4.78, 5) is 19.4. The van der Waals surface area contributed by atoms with Crippen LogP contribution in [0.25, 0.3) is 0 Å². The molecule has 0 saturated carbocycles. The quantitative estimate of drug-likeness (QED) is 0.638. The first-order valence-electron chi connectivity index (χ1n) is 7.75. The highest BCUT2D eigenvalue weighted by Gasteiger charge is 2.18. The van der Waals surface area contributed by atoms with Crippen LogP contribution in [0.3, 0.4) is 0 Å². The summed E-state index contributed by atoms with van der Waals surface area (Å²) in [5.74, 6) is 0.0699. The van der Waals surface area contributed by atoms with Gasteiger partial charge in [-0.25, -0.2) is 0 Å². The molecule has 0 spiro atoms. The Balaban J connectivity index is 1.86. The van der Waals surface area contributed by atoms with Crippen LogP contribution in [0.4, 0.5) is 5.69 Å². The molecule has 0 saturated heterocycles. The number of amides is 1. The van der Waals surface area contributed by atoms with E-state index in [1.807, 2.05) is 60.3 Å². The first-order chi connectivity index (χ1) is 11.6. The Morgan fingerprint density at radius 2 is 1.54 bits per heavy atom. The molecular formula is C19H20N2OS2. The molecule has 5 heteroatoms. The zero-order valence-corrected chi connectivity index (χ0v) is 15.4. The molecule has 3 rings (SSSR count). The van der Waals surface area contributed by atoms with Gasteiger partial charge < -0.3 is 9.80 Å². The topological polar surface area (TPSA) is 23.6 Å². The van der Waals surface area contributed by atoms with E-state index in [4.69, 9.17) is 0 Å². The van der Waals surface area contributed by atoms with Gasteiger partial charge in [0.05, 0.1) is 13.1 Å². The van der Waals surface area contributed by atoms with Crippen molar-refractivity contribution in [3.05, 3.63) is 74.6 Å². The Morgan fingerprint density at radius 1 is 0.917 bits per heavy atom. The van der Waals surface area contributed by atoms with Crippen molar-refractivity contribution in [1.29, 1.82) is 0 Å². The predicted octanol–water partition coefficient (Wildman–Crippen LogP) is 4.72. The van der Waals surface area contributed by atoms with Crippen LogP contribution in [0.1, 0.15) is 20.1 Å². The number of anilines is 1. The molecule has 0 N–H and O–H groups in total. The van der Waals surface area contributed by atoms with Crippen molar-refractivity contribution in [3.8, 4) is 0 Å². The Bertz CT molecular complexity index is 743. The molecule has 0 fully saturated rings. The Labute approximate surface area is 150 Å². The van der Waals surface area contributed by atoms with Gasteiger partial charge in [-0.2, -0.15) is 0 Å². The van der Waals surface area contributed by atoms with Gasteiger partial charge in [-0.1, -0.05) is 18.2 Å². The van der Waals surface area contributed by atoms with Crippen molar-refractivity contribution in [1.82, 2.24) is 4.90 Å². The highest BCUT2D eigenvalue weighted by molar-refractivity contribution is 7.10. The van der Waals surface area contributed by atoms with E-state index in [0.717, 1.165) is 11.3 Å². The lowest BCUT2D eigenvalue weighted by Crippen LogP contribution is -2.29. The number of carbonyl (C=O) groups excluding carboxylic acids is 1. The number of hydrogen-bond acceptors (Lipinski definition) is 4. The van der Waals surface area contributed by atoms with Gasteiger partial charge in [-0.15, -0.1) is 22.7 Å². The van der Waals surface area contributed by atoms with E-state index in [1.165, 1.54) is 9.75 Å². The fraction of sp³-hybridized carbons (Fsp3) is 0.211. The average Bonchev–Trinajstić information content (AvgIpc) is 3.27. The molecule has 0 atom stereocenters. The van der Waals surface area contributed by atoms with Crippen molar-refractivity contribution < 1.29 is 4.79 Å². The molecule has 0 unspecified atom stereocenters. The molecule has 0 radical (unpaired) electrons. The van der Waals surface area contributed by atoms with Gasteiger partial charge >= 0.3 is 0 Å². The molecule has 0 aliphatic heterocycles. The van der Waals surface area contributed by atoms with E-state index in [2.05, 4.69) is 22.9 Å². The van der Waals surface area contributed by atoms with Gasteiger partial charge in [-0.05, 0) is 41.1 Å². The number of hydrogen-bond donors (Lipinski definition) is 0. The van der Waals surface area contributed by atoms with E-state index >= 15 is 0 Å².